The van der Waals surface area contributed by atoms with E-state index in [1.54, 1.807) is 17.5 Å². The number of amides is 1. The average Bonchev–Trinajstić information content (AvgIpc) is 2.64. The Morgan fingerprint density at radius 1 is 1.56 bits per heavy atom. The molecular weight excluding hydrogens is 254 g/mol. The molecule has 1 amide bonds. The molecule has 0 saturated carbocycles. The maximum absolute atomic E-state index is 12.0. The quantitative estimate of drug-likeness (QED) is 0.615. The summed E-state index contributed by atoms with van der Waals surface area (Å²) in [7, 11) is -0.518. The highest BCUT2D eigenvalue weighted by Crippen LogP contribution is 2.51. The van der Waals surface area contributed by atoms with Crippen molar-refractivity contribution >= 4 is 28.2 Å². The van der Waals surface area contributed by atoms with Gasteiger partial charge in [-0.25, -0.2) is 4.79 Å². The van der Waals surface area contributed by atoms with Gasteiger partial charge < -0.3 is 5.11 Å². The number of aromatic nitrogens is 2. The van der Waals surface area contributed by atoms with Crippen LogP contribution in [0.4, 0.5) is 0 Å². The van der Waals surface area contributed by atoms with Gasteiger partial charge in [0.25, 0.3) is 0 Å². The van der Waals surface area contributed by atoms with E-state index >= 15 is 0 Å². The number of hydrogen-bond acceptors (Lipinski definition) is 4. The summed E-state index contributed by atoms with van der Waals surface area (Å²) in [6, 6.07) is 3.43. The summed E-state index contributed by atoms with van der Waals surface area (Å²) in [5.41, 5.74) is 0.605. The zero-order valence-electron chi connectivity index (χ0n) is 9.18. The molecule has 0 aliphatic carbocycles. The second-order valence-electron chi connectivity index (χ2n) is 4.00. The molecule has 2 aliphatic heterocycles. The SMILES string of the molecule is C=S1C=C(C(=O)O)N2C(=O)C(c3cccnn3)[C@H]21. The summed E-state index contributed by atoms with van der Waals surface area (Å²) in [4.78, 5) is 24.4. The fourth-order valence-electron chi connectivity index (χ4n) is 2.21. The van der Waals surface area contributed by atoms with Crippen LogP contribution in [0.2, 0.25) is 0 Å². The van der Waals surface area contributed by atoms with Crippen molar-refractivity contribution in [1.82, 2.24) is 15.1 Å². The monoisotopic (exact) mass is 263 g/mol. The van der Waals surface area contributed by atoms with Crippen molar-refractivity contribution in [3.05, 3.63) is 35.1 Å². The van der Waals surface area contributed by atoms with Crippen molar-refractivity contribution in [1.29, 1.82) is 0 Å². The third-order valence-corrected chi connectivity index (χ3v) is 4.64. The van der Waals surface area contributed by atoms with Crippen molar-refractivity contribution < 1.29 is 14.7 Å². The number of fused-ring (bicyclic) bond motifs is 1. The summed E-state index contributed by atoms with van der Waals surface area (Å²) in [5.74, 6) is 2.15. The van der Waals surface area contributed by atoms with Crippen LogP contribution in [-0.4, -0.2) is 43.3 Å². The number of aliphatic carboxylic acids is 1. The highest BCUT2D eigenvalue weighted by Gasteiger charge is 2.55. The number of carboxylic acid groups (broad SMARTS) is 1. The highest BCUT2D eigenvalue weighted by molar-refractivity contribution is 8.17. The Bertz CT molecular complexity index is 599. The summed E-state index contributed by atoms with van der Waals surface area (Å²) >= 11 is 0. The molecular formula is C11H9N3O3S. The topological polar surface area (TPSA) is 83.4 Å². The standard InChI is InChI=1S/C11H9N3O3S/c1-18-5-7(11(16)17)14-9(15)8(10(14)18)6-3-2-4-12-13-6/h2-5,8,10H,1H2,(H,16,17)/t8?,10-,18?/m1/s1. The zero-order chi connectivity index (χ0) is 12.9. The molecule has 1 saturated heterocycles. The van der Waals surface area contributed by atoms with E-state index in [2.05, 4.69) is 16.1 Å². The van der Waals surface area contributed by atoms with Crippen molar-refractivity contribution in [2.75, 3.05) is 0 Å². The molecule has 1 aromatic rings. The van der Waals surface area contributed by atoms with Gasteiger partial charge in [-0.1, -0.05) is 5.87 Å². The van der Waals surface area contributed by atoms with Gasteiger partial charge in [0.1, 0.15) is 11.6 Å². The normalized spacial score (nSPS) is 29.6. The molecule has 2 aliphatic rings. The molecule has 7 heteroatoms. The first-order valence-electron chi connectivity index (χ1n) is 5.18. The van der Waals surface area contributed by atoms with Crippen LogP contribution in [0, 0.1) is 0 Å². The van der Waals surface area contributed by atoms with Crippen molar-refractivity contribution in [3.63, 3.8) is 0 Å². The van der Waals surface area contributed by atoms with Crippen LogP contribution in [0.25, 0.3) is 0 Å². The van der Waals surface area contributed by atoms with Gasteiger partial charge in [-0.15, -0.1) is 10.5 Å². The van der Waals surface area contributed by atoms with E-state index in [-0.39, 0.29) is 17.0 Å². The fraction of sp³-hybridized carbons (Fsp3) is 0.182. The number of rotatable bonds is 2. The lowest BCUT2D eigenvalue weighted by Crippen LogP contribution is -2.56. The number of β-lactam (4-membered cyclic amide) rings is 1. The number of carbonyl (C=O) groups is 2. The number of hydrogen-bond donors (Lipinski definition) is 1. The Morgan fingerprint density at radius 2 is 2.33 bits per heavy atom. The molecule has 0 aromatic carbocycles. The number of nitrogens with zero attached hydrogens (tertiary/aromatic N) is 3. The number of carbonyl (C=O) groups excluding carboxylic acids is 1. The summed E-state index contributed by atoms with van der Waals surface area (Å²) in [6.45, 7) is 0. The molecule has 1 aromatic heterocycles. The Morgan fingerprint density at radius 3 is 2.94 bits per heavy atom. The summed E-state index contributed by atoms with van der Waals surface area (Å²) in [6.07, 6.45) is 1.53. The third kappa shape index (κ3) is 1.34. The van der Waals surface area contributed by atoms with Crippen LogP contribution in [0.3, 0.4) is 0 Å². The molecule has 1 fully saturated rings. The Hall–Kier alpha value is -2.02. The van der Waals surface area contributed by atoms with E-state index in [0.29, 0.717) is 5.69 Å². The lowest BCUT2D eigenvalue weighted by atomic mass is 9.93. The minimum absolute atomic E-state index is 0.0310. The Balaban J connectivity index is 1.96. The highest BCUT2D eigenvalue weighted by atomic mass is 32.2. The Kier molecular flexibility index (Phi) is 2.30. The van der Waals surface area contributed by atoms with Gasteiger partial charge in [0.15, 0.2) is 0 Å². The van der Waals surface area contributed by atoms with E-state index < -0.39 is 22.4 Å². The van der Waals surface area contributed by atoms with Crippen molar-refractivity contribution in [2.24, 2.45) is 0 Å². The maximum atomic E-state index is 12.0. The molecule has 1 N–H and O–H groups in total. The fourth-order valence-corrected chi connectivity index (χ4v) is 3.94. The molecule has 0 spiro atoms. The summed E-state index contributed by atoms with van der Waals surface area (Å²) in [5, 5.41) is 18.0. The molecule has 0 radical (unpaired) electrons. The molecule has 18 heavy (non-hydrogen) atoms. The lowest BCUT2D eigenvalue weighted by molar-refractivity contribution is -0.147. The van der Waals surface area contributed by atoms with E-state index in [1.807, 2.05) is 0 Å². The van der Waals surface area contributed by atoms with Gasteiger partial charge in [0.05, 0.1) is 11.1 Å². The van der Waals surface area contributed by atoms with Crippen molar-refractivity contribution in [2.45, 2.75) is 11.3 Å². The summed E-state index contributed by atoms with van der Waals surface area (Å²) < 4.78 is 0. The second-order valence-corrected chi connectivity index (χ2v) is 5.66. The van der Waals surface area contributed by atoms with Crippen LogP contribution in [0.5, 0.6) is 0 Å². The first-order valence-corrected chi connectivity index (χ1v) is 6.70. The zero-order valence-corrected chi connectivity index (χ0v) is 10.0. The van der Waals surface area contributed by atoms with E-state index in [9.17, 15) is 9.59 Å². The number of carboxylic acids is 1. The van der Waals surface area contributed by atoms with Crippen LogP contribution in [0.1, 0.15) is 11.6 Å². The van der Waals surface area contributed by atoms with E-state index in [1.165, 1.54) is 11.1 Å². The molecule has 6 nitrogen and oxygen atoms in total. The molecule has 0 bridgehead atoms. The van der Waals surface area contributed by atoms with Crippen LogP contribution in [-0.2, 0) is 9.59 Å². The molecule has 3 atom stereocenters. The Labute approximate surface area is 105 Å². The van der Waals surface area contributed by atoms with Gasteiger partial charge in [-0.3, -0.25) is 9.69 Å². The smallest absolute Gasteiger partial charge is 0.353 e. The predicted molar refractivity (Wildman–Crippen MR) is 65.8 cm³/mol. The van der Waals surface area contributed by atoms with Gasteiger partial charge in [0.2, 0.25) is 5.91 Å². The van der Waals surface area contributed by atoms with Crippen molar-refractivity contribution in [3.8, 4) is 0 Å². The first kappa shape index (κ1) is 11.1. The lowest BCUT2D eigenvalue weighted by Gasteiger charge is -2.42. The van der Waals surface area contributed by atoms with Gasteiger partial charge in [0, 0.05) is 6.20 Å². The molecule has 3 rings (SSSR count). The largest absolute Gasteiger partial charge is 0.477 e. The predicted octanol–water partition coefficient (Wildman–Crippen LogP) is 0.369. The second kappa shape index (κ2) is 3.74. The third-order valence-electron chi connectivity index (χ3n) is 3.01. The van der Waals surface area contributed by atoms with Gasteiger partial charge in [-0.05, 0) is 17.5 Å². The van der Waals surface area contributed by atoms with E-state index in [4.69, 9.17) is 5.11 Å². The molecule has 92 valence electrons. The molecule has 3 heterocycles. The van der Waals surface area contributed by atoms with Crippen LogP contribution < -0.4 is 0 Å². The maximum Gasteiger partial charge on any atom is 0.353 e. The van der Waals surface area contributed by atoms with Gasteiger partial charge >= 0.3 is 5.97 Å². The first-order chi connectivity index (χ1) is 8.61. The van der Waals surface area contributed by atoms with Crippen LogP contribution in [0.15, 0.2) is 29.4 Å². The van der Waals surface area contributed by atoms with Gasteiger partial charge in [-0.2, -0.15) is 10.2 Å². The minimum Gasteiger partial charge on any atom is -0.477 e. The van der Waals surface area contributed by atoms with E-state index in [0.717, 1.165) is 0 Å². The minimum atomic E-state index is -1.09. The van der Waals surface area contributed by atoms with Crippen LogP contribution >= 0.6 is 10.5 Å². The average molecular weight is 263 g/mol. The molecule has 2 unspecified atom stereocenters.